The Morgan fingerprint density at radius 2 is 2.05 bits per heavy atom. The van der Waals surface area contributed by atoms with E-state index in [1.54, 1.807) is 11.3 Å². The lowest BCUT2D eigenvalue weighted by molar-refractivity contribution is 0.317. The van der Waals surface area contributed by atoms with E-state index in [-0.39, 0.29) is 0 Å². The molecule has 0 radical (unpaired) electrons. The minimum absolute atomic E-state index is 0.346. The Morgan fingerprint density at radius 3 is 2.68 bits per heavy atom. The molecule has 0 saturated heterocycles. The lowest BCUT2D eigenvalue weighted by atomic mass is 10.2. The minimum Gasteiger partial charge on any atom is -0.494 e. The van der Waals surface area contributed by atoms with E-state index in [9.17, 15) is 0 Å². The maximum Gasteiger partial charge on any atom is 0.123 e. The molecule has 0 aliphatic carbocycles. The highest BCUT2D eigenvalue weighted by Crippen LogP contribution is 2.29. The van der Waals surface area contributed by atoms with E-state index in [0.29, 0.717) is 6.04 Å². The summed E-state index contributed by atoms with van der Waals surface area (Å²) in [5.41, 5.74) is 1.14. The van der Waals surface area contributed by atoms with Crippen LogP contribution < -0.4 is 10.1 Å². The molecule has 4 heteroatoms. The van der Waals surface area contributed by atoms with Crippen LogP contribution in [0.15, 0.2) is 30.5 Å². The number of thiazole rings is 1. The van der Waals surface area contributed by atoms with Crippen molar-refractivity contribution in [3.63, 3.8) is 0 Å². The number of hydrogen-bond donors (Lipinski definition) is 1. The molecule has 1 aromatic heterocycles. The molecule has 2 rings (SSSR count). The fourth-order valence-corrected chi connectivity index (χ4v) is 2.66. The molecule has 2 aromatic rings. The van der Waals surface area contributed by atoms with Gasteiger partial charge >= 0.3 is 0 Å². The summed E-state index contributed by atoms with van der Waals surface area (Å²) in [5.74, 6) is 0.922. The first kappa shape index (κ1) is 14.0. The molecule has 0 bridgehead atoms. The quantitative estimate of drug-likeness (QED) is 0.869. The molecule has 1 heterocycles. The van der Waals surface area contributed by atoms with Gasteiger partial charge in [-0.3, -0.25) is 0 Å². The molecule has 1 atom stereocenters. The van der Waals surface area contributed by atoms with Gasteiger partial charge < -0.3 is 10.1 Å². The normalized spacial score (nSPS) is 12.4. The Labute approximate surface area is 118 Å². The number of nitrogens with one attached hydrogen (secondary N) is 1. The molecule has 0 aliphatic heterocycles. The van der Waals surface area contributed by atoms with Crippen molar-refractivity contribution >= 4 is 11.3 Å². The summed E-state index contributed by atoms with van der Waals surface area (Å²) >= 11 is 1.73. The van der Waals surface area contributed by atoms with Crippen molar-refractivity contribution in [2.45, 2.75) is 26.3 Å². The second-order valence-electron chi connectivity index (χ2n) is 4.45. The largest absolute Gasteiger partial charge is 0.494 e. The van der Waals surface area contributed by atoms with Crippen LogP contribution in [0.5, 0.6) is 5.75 Å². The number of hydrogen-bond acceptors (Lipinski definition) is 4. The van der Waals surface area contributed by atoms with Gasteiger partial charge in [-0.1, -0.05) is 6.92 Å². The van der Waals surface area contributed by atoms with Crippen molar-refractivity contribution in [3.05, 3.63) is 35.3 Å². The summed E-state index contributed by atoms with van der Waals surface area (Å²) < 4.78 is 5.58. The Balaban J connectivity index is 2.11. The Morgan fingerprint density at radius 1 is 1.32 bits per heavy atom. The standard InChI is InChI=1S/C15H20N2OS/c1-4-9-18-13-7-5-12(6-8-13)15-17-10-14(19-15)11(2)16-3/h5-8,10-11,16H,4,9H2,1-3H3. The lowest BCUT2D eigenvalue weighted by Crippen LogP contribution is -2.10. The van der Waals surface area contributed by atoms with Crippen LogP contribution in [0, 0.1) is 0 Å². The summed E-state index contributed by atoms with van der Waals surface area (Å²) in [4.78, 5) is 5.74. The van der Waals surface area contributed by atoms with Crippen LogP contribution in [0.4, 0.5) is 0 Å². The molecule has 1 aromatic carbocycles. The average Bonchev–Trinajstić information content (AvgIpc) is 2.94. The summed E-state index contributed by atoms with van der Waals surface area (Å²) in [6, 6.07) is 8.49. The molecule has 0 aliphatic rings. The first-order chi connectivity index (χ1) is 9.24. The smallest absolute Gasteiger partial charge is 0.123 e. The van der Waals surface area contributed by atoms with Gasteiger partial charge in [-0.15, -0.1) is 11.3 Å². The van der Waals surface area contributed by atoms with Gasteiger partial charge in [0, 0.05) is 22.7 Å². The zero-order valence-electron chi connectivity index (χ0n) is 11.6. The summed E-state index contributed by atoms with van der Waals surface area (Å²) in [6.45, 7) is 5.01. The highest BCUT2D eigenvalue weighted by Gasteiger charge is 2.09. The number of aromatic nitrogens is 1. The van der Waals surface area contributed by atoms with Crippen LogP contribution in [0.1, 0.15) is 31.2 Å². The van der Waals surface area contributed by atoms with Gasteiger partial charge in [-0.2, -0.15) is 0 Å². The first-order valence-electron chi connectivity index (χ1n) is 6.60. The lowest BCUT2D eigenvalue weighted by Gasteiger charge is -2.05. The maximum atomic E-state index is 5.58. The predicted molar refractivity (Wildman–Crippen MR) is 80.8 cm³/mol. The van der Waals surface area contributed by atoms with Crippen LogP contribution >= 0.6 is 11.3 Å². The van der Waals surface area contributed by atoms with E-state index in [4.69, 9.17) is 4.74 Å². The highest BCUT2D eigenvalue weighted by molar-refractivity contribution is 7.15. The molecule has 0 fully saturated rings. The summed E-state index contributed by atoms with van der Waals surface area (Å²) in [6.07, 6.45) is 2.97. The van der Waals surface area contributed by atoms with Crippen molar-refractivity contribution < 1.29 is 4.74 Å². The van der Waals surface area contributed by atoms with Crippen molar-refractivity contribution in [2.24, 2.45) is 0 Å². The van der Waals surface area contributed by atoms with E-state index in [1.807, 2.05) is 25.4 Å². The second-order valence-corrected chi connectivity index (χ2v) is 5.51. The number of nitrogens with zero attached hydrogens (tertiary/aromatic N) is 1. The predicted octanol–water partition coefficient (Wildman–Crippen LogP) is 3.88. The van der Waals surface area contributed by atoms with Crippen LogP contribution in [0.2, 0.25) is 0 Å². The Hall–Kier alpha value is -1.39. The third-order valence-electron chi connectivity index (χ3n) is 2.96. The Bertz CT molecular complexity index is 507. The molecule has 102 valence electrons. The monoisotopic (exact) mass is 276 g/mol. The number of benzene rings is 1. The topological polar surface area (TPSA) is 34.1 Å². The fraction of sp³-hybridized carbons (Fsp3) is 0.400. The fourth-order valence-electron chi connectivity index (χ4n) is 1.68. The average molecular weight is 276 g/mol. The molecule has 0 amide bonds. The molecular weight excluding hydrogens is 256 g/mol. The molecule has 0 spiro atoms. The minimum atomic E-state index is 0.346. The zero-order chi connectivity index (χ0) is 13.7. The van der Waals surface area contributed by atoms with Crippen LogP contribution in [0.3, 0.4) is 0 Å². The molecule has 19 heavy (non-hydrogen) atoms. The summed E-state index contributed by atoms with van der Waals surface area (Å²) in [5, 5.41) is 4.28. The SMILES string of the molecule is CCCOc1ccc(-c2ncc(C(C)NC)s2)cc1. The third kappa shape index (κ3) is 3.55. The number of ether oxygens (including phenoxy) is 1. The molecule has 0 saturated carbocycles. The third-order valence-corrected chi connectivity index (χ3v) is 4.19. The second kappa shape index (κ2) is 6.68. The molecular formula is C15H20N2OS. The molecule has 1 N–H and O–H groups in total. The number of rotatable bonds is 6. The Kier molecular flexibility index (Phi) is 4.93. The molecule has 1 unspecified atom stereocenters. The van der Waals surface area contributed by atoms with Crippen LogP contribution in [-0.4, -0.2) is 18.6 Å². The van der Waals surface area contributed by atoms with E-state index in [0.717, 1.165) is 29.3 Å². The van der Waals surface area contributed by atoms with Crippen LogP contribution in [0.25, 0.3) is 10.6 Å². The van der Waals surface area contributed by atoms with Crippen molar-refractivity contribution in [1.29, 1.82) is 0 Å². The van der Waals surface area contributed by atoms with E-state index < -0.39 is 0 Å². The van der Waals surface area contributed by atoms with Crippen molar-refractivity contribution in [2.75, 3.05) is 13.7 Å². The van der Waals surface area contributed by atoms with Crippen molar-refractivity contribution in [1.82, 2.24) is 10.3 Å². The van der Waals surface area contributed by atoms with Crippen molar-refractivity contribution in [3.8, 4) is 16.3 Å². The van der Waals surface area contributed by atoms with Gasteiger partial charge in [-0.25, -0.2) is 4.98 Å². The van der Waals surface area contributed by atoms with Gasteiger partial charge in [0.15, 0.2) is 0 Å². The maximum absolute atomic E-state index is 5.58. The van der Waals surface area contributed by atoms with E-state index in [1.165, 1.54) is 4.88 Å². The van der Waals surface area contributed by atoms with Gasteiger partial charge in [-0.05, 0) is 44.7 Å². The van der Waals surface area contributed by atoms with Crippen LogP contribution in [-0.2, 0) is 0 Å². The van der Waals surface area contributed by atoms with E-state index >= 15 is 0 Å². The first-order valence-corrected chi connectivity index (χ1v) is 7.42. The van der Waals surface area contributed by atoms with Gasteiger partial charge in [0.05, 0.1) is 6.61 Å². The van der Waals surface area contributed by atoms with Gasteiger partial charge in [0.25, 0.3) is 0 Å². The molecule has 3 nitrogen and oxygen atoms in total. The zero-order valence-corrected chi connectivity index (χ0v) is 12.5. The van der Waals surface area contributed by atoms with E-state index in [2.05, 4.69) is 36.3 Å². The van der Waals surface area contributed by atoms with Gasteiger partial charge in [0.1, 0.15) is 10.8 Å². The highest BCUT2D eigenvalue weighted by atomic mass is 32.1. The summed E-state index contributed by atoms with van der Waals surface area (Å²) in [7, 11) is 1.96. The van der Waals surface area contributed by atoms with Gasteiger partial charge in [0.2, 0.25) is 0 Å².